The summed E-state index contributed by atoms with van der Waals surface area (Å²) in [5.41, 5.74) is 2.39. The first-order valence-corrected chi connectivity index (χ1v) is 12.7. The van der Waals surface area contributed by atoms with Crippen LogP contribution in [0, 0.1) is 11.6 Å². The van der Waals surface area contributed by atoms with Gasteiger partial charge in [-0.05, 0) is 54.3 Å². The number of hydrogen-bond acceptors (Lipinski definition) is 6. The Morgan fingerprint density at radius 2 is 1.51 bits per heavy atom. The molecule has 0 saturated carbocycles. The SMILES string of the molecule is CCCOCc1cc(OC)c(-c2ccc(C[C@H](NC(=O)c3c(F)cccc3F)C(=O)OCC)cc2)c(OC)c1. The fourth-order valence-electron chi connectivity index (χ4n) is 4.09. The quantitative estimate of drug-likeness (QED) is 0.228. The number of esters is 1. The highest BCUT2D eigenvalue weighted by atomic mass is 19.1. The molecule has 0 aliphatic rings. The van der Waals surface area contributed by atoms with Gasteiger partial charge in [0.05, 0.1) is 33.0 Å². The maximum absolute atomic E-state index is 14.1. The van der Waals surface area contributed by atoms with E-state index in [-0.39, 0.29) is 13.0 Å². The first-order chi connectivity index (χ1) is 18.8. The zero-order valence-corrected chi connectivity index (χ0v) is 22.5. The number of amides is 1. The molecule has 0 bridgehead atoms. The number of benzene rings is 3. The largest absolute Gasteiger partial charge is 0.496 e. The standard InChI is InChI=1S/C30H33F2NO6/c1-5-14-38-18-20-16-25(36-3)27(26(17-20)37-4)21-12-10-19(11-13-21)15-24(30(35)39-6-2)33-29(34)28-22(31)8-7-9-23(28)32/h7-13,16-17,24H,5-6,14-15,18H2,1-4H3,(H,33,34)/t24-/m0/s1. The van der Waals surface area contributed by atoms with Crippen LogP contribution < -0.4 is 14.8 Å². The Kier molecular flexibility index (Phi) is 10.8. The van der Waals surface area contributed by atoms with Crippen LogP contribution in [0.3, 0.4) is 0 Å². The van der Waals surface area contributed by atoms with Gasteiger partial charge in [-0.25, -0.2) is 13.6 Å². The molecule has 0 aliphatic carbocycles. The fraction of sp³-hybridized carbons (Fsp3) is 0.333. The number of methoxy groups -OCH3 is 2. The molecule has 1 atom stereocenters. The van der Waals surface area contributed by atoms with E-state index in [9.17, 15) is 18.4 Å². The fourth-order valence-corrected chi connectivity index (χ4v) is 4.09. The summed E-state index contributed by atoms with van der Waals surface area (Å²) in [5, 5.41) is 2.41. The number of rotatable bonds is 13. The molecular weight excluding hydrogens is 508 g/mol. The van der Waals surface area contributed by atoms with Crippen LogP contribution in [0.5, 0.6) is 11.5 Å². The van der Waals surface area contributed by atoms with Gasteiger partial charge >= 0.3 is 5.97 Å². The Morgan fingerprint density at radius 3 is 2.05 bits per heavy atom. The molecule has 39 heavy (non-hydrogen) atoms. The van der Waals surface area contributed by atoms with Crippen molar-refractivity contribution in [3.63, 3.8) is 0 Å². The van der Waals surface area contributed by atoms with Crippen molar-refractivity contribution in [3.05, 3.63) is 82.9 Å². The van der Waals surface area contributed by atoms with Crippen LogP contribution in [0.15, 0.2) is 54.6 Å². The molecule has 0 aromatic heterocycles. The molecule has 7 nitrogen and oxygen atoms in total. The molecule has 0 saturated heterocycles. The summed E-state index contributed by atoms with van der Waals surface area (Å²) in [4.78, 5) is 25.2. The molecular formula is C30H33F2NO6. The van der Waals surface area contributed by atoms with Crippen molar-refractivity contribution in [2.75, 3.05) is 27.4 Å². The highest BCUT2D eigenvalue weighted by Crippen LogP contribution is 2.40. The molecule has 0 aliphatic heterocycles. The Bertz CT molecular complexity index is 1230. The lowest BCUT2D eigenvalue weighted by Crippen LogP contribution is -2.44. The van der Waals surface area contributed by atoms with Crippen LogP contribution in [-0.2, 0) is 27.3 Å². The van der Waals surface area contributed by atoms with Gasteiger partial charge in [-0.15, -0.1) is 0 Å². The lowest BCUT2D eigenvalue weighted by molar-refractivity contribution is -0.145. The summed E-state index contributed by atoms with van der Waals surface area (Å²) in [6, 6.07) is 13.0. The van der Waals surface area contributed by atoms with Crippen molar-refractivity contribution in [3.8, 4) is 22.6 Å². The Balaban J connectivity index is 1.85. The van der Waals surface area contributed by atoms with Crippen LogP contribution in [0.2, 0.25) is 0 Å². The summed E-state index contributed by atoms with van der Waals surface area (Å²) in [6.07, 6.45) is 0.961. The molecule has 1 N–H and O–H groups in total. The Hall–Kier alpha value is -3.98. The van der Waals surface area contributed by atoms with Crippen LogP contribution in [0.4, 0.5) is 8.78 Å². The predicted molar refractivity (Wildman–Crippen MR) is 143 cm³/mol. The maximum Gasteiger partial charge on any atom is 0.328 e. The van der Waals surface area contributed by atoms with Gasteiger partial charge in [0.15, 0.2) is 0 Å². The van der Waals surface area contributed by atoms with Crippen molar-refractivity contribution in [1.29, 1.82) is 0 Å². The van der Waals surface area contributed by atoms with Gasteiger partial charge in [0.25, 0.3) is 5.91 Å². The number of nitrogens with one attached hydrogen (secondary N) is 1. The zero-order valence-electron chi connectivity index (χ0n) is 22.5. The Morgan fingerprint density at radius 1 is 0.897 bits per heavy atom. The second-order valence-corrected chi connectivity index (χ2v) is 8.70. The molecule has 208 valence electrons. The molecule has 3 aromatic carbocycles. The predicted octanol–water partition coefficient (Wildman–Crippen LogP) is 5.48. The van der Waals surface area contributed by atoms with Gasteiger partial charge in [-0.1, -0.05) is 37.3 Å². The van der Waals surface area contributed by atoms with Crippen molar-refractivity contribution < 1.29 is 37.3 Å². The minimum atomic E-state index is -1.16. The lowest BCUT2D eigenvalue weighted by atomic mass is 9.98. The highest BCUT2D eigenvalue weighted by Gasteiger charge is 2.26. The van der Waals surface area contributed by atoms with Gasteiger partial charge < -0.3 is 24.3 Å². The number of ether oxygens (including phenoxy) is 4. The molecule has 0 spiro atoms. The van der Waals surface area contributed by atoms with Gasteiger partial charge in [-0.2, -0.15) is 0 Å². The topological polar surface area (TPSA) is 83.1 Å². The average molecular weight is 542 g/mol. The minimum absolute atomic E-state index is 0.0445. The van der Waals surface area contributed by atoms with Crippen LogP contribution in [-0.4, -0.2) is 45.4 Å². The monoisotopic (exact) mass is 541 g/mol. The van der Waals surface area contributed by atoms with E-state index >= 15 is 0 Å². The summed E-state index contributed by atoms with van der Waals surface area (Å²) in [6.45, 7) is 4.83. The smallest absolute Gasteiger partial charge is 0.328 e. The highest BCUT2D eigenvalue weighted by molar-refractivity contribution is 5.97. The van der Waals surface area contributed by atoms with Crippen molar-refractivity contribution >= 4 is 11.9 Å². The third-order valence-electron chi connectivity index (χ3n) is 5.93. The average Bonchev–Trinajstić information content (AvgIpc) is 2.92. The van der Waals surface area contributed by atoms with E-state index < -0.39 is 35.1 Å². The van der Waals surface area contributed by atoms with Gasteiger partial charge in [0.2, 0.25) is 0 Å². The molecule has 1 amide bonds. The van der Waals surface area contributed by atoms with Crippen LogP contribution >= 0.6 is 0 Å². The van der Waals surface area contributed by atoms with E-state index in [1.165, 1.54) is 0 Å². The maximum atomic E-state index is 14.1. The number of halogens is 2. The number of carbonyl (C=O) groups is 2. The van der Waals surface area contributed by atoms with E-state index in [1.807, 2.05) is 31.2 Å². The molecule has 0 fully saturated rings. The van der Waals surface area contributed by atoms with E-state index in [1.54, 1.807) is 33.3 Å². The van der Waals surface area contributed by atoms with Crippen molar-refractivity contribution in [2.45, 2.75) is 39.3 Å². The van der Waals surface area contributed by atoms with Crippen molar-refractivity contribution in [1.82, 2.24) is 5.32 Å². The molecule has 9 heteroatoms. The molecule has 3 rings (SSSR count). The van der Waals surface area contributed by atoms with Crippen molar-refractivity contribution in [2.24, 2.45) is 0 Å². The third kappa shape index (κ3) is 7.54. The summed E-state index contributed by atoms with van der Waals surface area (Å²) < 4.78 is 50.3. The third-order valence-corrected chi connectivity index (χ3v) is 5.93. The minimum Gasteiger partial charge on any atom is -0.496 e. The van der Waals surface area contributed by atoms with E-state index in [0.29, 0.717) is 30.3 Å². The zero-order chi connectivity index (χ0) is 28.4. The van der Waals surface area contributed by atoms with Gasteiger partial charge in [0, 0.05) is 13.0 Å². The second kappa shape index (κ2) is 14.2. The van der Waals surface area contributed by atoms with E-state index in [0.717, 1.165) is 41.3 Å². The van der Waals surface area contributed by atoms with Gasteiger partial charge in [0.1, 0.15) is 34.7 Å². The van der Waals surface area contributed by atoms with Crippen LogP contribution in [0.25, 0.3) is 11.1 Å². The number of carbonyl (C=O) groups excluding carboxylic acids is 2. The normalized spacial score (nSPS) is 11.5. The first-order valence-electron chi connectivity index (χ1n) is 12.7. The van der Waals surface area contributed by atoms with Gasteiger partial charge in [-0.3, -0.25) is 4.79 Å². The summed E-state index contributed by atoms with van der Waals surface area (Å²) in [7, 11) is 3.16. The summed E-state index contributed by atoms with van der Waals surface area (Å²) in [5.74, 6) is -2.58. The molecule has 3 aromatic rings. The molecule has 0 radical (unpaired) electrons. The van der Waals surface area contributed by atoms with E-state index in [4.69, 9.17) is 18.9 Å². The second-order valence-electron chi connectivity index (χ2n) is 8.70. The molecule has 0 heterocycles. The first kappa shape index (κ1) is 29.6. The summed E-state index contributed by atoms with van der Waals surface area (Å²) >= 11 is 0. The van der Waals surface area contributed by atoms with Crippen LogP contribution in [0.1, 0.15) is 41.8 Å². The molecule has 0 unspecified atom stereocenters. The lowest BCUT2D eigenvalue weighted by Gasteiger charge is -2.19. The Labute approximate surface area is 227 Å². The number of hydrogen-bond donors (Lipinski definition) is 1. The van der Waals surface area contributed by atoms with E-state index in [2.05, 4.69) is 5.32 Å².